The van der Waals surface area contributed by atoms with Crippen LogP contribution in [-0.4, -0.2) is 35.6 Å². The molecule has 0 aliphatic carbocycles. The summed E-state index contributed by atoms with van der Waals surface area (Å²) < 4.78 is 38.7. The van der Waals surface area contributed by atoms with Crippen molar-refractivity contribution < 1.29 is 27.9 Å². The van der Waals surface area contributed by atoms with Gasteiger partial charge in [0.15, 0.2) is 17.5 Å². The SMILES string of the molecule is CN(Cc1cc(F)c(F)c(F)c1)C(=O)NCCC(=O)O. The van der Waals surface area contributed by atoms with Gasteiger partial charge in [-0.3, -0.25) is 4.79 Å². The van der Waals surface area contributed by atoms with Crippen LogP contribution in [-0.2, 0) is 11.3 Å². The molecule has 0 aromatic heterocycles. The first-order valence-corrected chi connectivity index (χ1v) is 5.65. The lowest BCUT2D eigenvalue weighted by Gasteiger charge is -2.18. The van der Waals surface area contributed by atoms with Crippen molar-refractivity contribution in [3.63, 3.8) is 0 Å². The molecule has 0 saturated carbocycles. The molecule has 0 unspecified atom stereocenters. The number of aliphatic carboxylic acids is 1. The largest absolute Gasteiger partial charge is 0.481 e. The van der Waals surface area contributed by atoms with Crippen molar-refractivity contribution in [3.8, 4) is 0 Å². The summed E-state index contributed by atoms with van der Waals surface area (Å²) >= 11 is 0. The Hall–Kier alpha value is -2.25. The fourth-order valence-electron chi connectivity index (χ4n) is 1.46. The highest BCUT2D eigenvalue weighted by atomic mass is 19.2. The number of halogens is 3. The maximum absolute atomic E-state index is 13.0. The van der Waals surface area contributed by atoms with Crippen molar-refractivity contribution in [1.29, 1.82) is 0 Å². The smallest absolute Gasteiger partial charge is 0.317 e. The van der Waals surface area contributed by atoms with Gasteiger partial charge in [0.2, 0.25) is 0 Å². The number of nitrogens with zero attached hydrogens (tertiary/aromatic N) is 1. The number of benzene rings is 1. The van der Waals surface area contributed by atoms with Gasteiger partial charge < -0.3 is 15.3 Å². The summed E-state index contributed by atoms with van der Waals surface area (Å²) in [6.45, 7) is -0.211. The van der Waals surface area contributed by atoms with E-state index in [9.17, 15) is 22.8 Å². The van der Waals surface area contributed by atoms with Gasteiger partial charge >= 0.3 is 12.0 Å². The minimum atomic E-state index is -1.57. The topological polar surface area (TPSA) is 69.6 Å². The number of carbonyl (C=O) groups excluding carboxylic acids is 1. The highest BCUT2D eigenvalue weighted by Gasteiger charge is 2.14. The monoisotopic (exact) mass is 290 g/mol. The van der Waals surface area contributed by atoms with Crippen molar-refractivity contribution in [1.82, 2.24) is 10.2 Å². The number of amides is 2. The molecular weight excluding hydrogens is 277 g/mol. The van der Waals surface area contributed by atoms with Crippen LogP contribution in [0.5, 0.6) is 0 Å². The van der Waals surface area contributed by atoms with E-state index in [-0.39, 0.29) is 25.1 Å². The molecular formula is C12H13F3N2O3. The second-order valence-electron chi connectivity index (χ2n) is 4.11. The zero-order valence-corrected chi connectivity index (χ0v) is 10.6. The molecule has 1 aromatic carbocycles. The second-order valence-corrected chi connectivity index (χ2v) is 4.11. The first-order valence-electron chi connectivity index (χ1n) is 5.65. The standard InChI is InChI=1S/C12H13F3N2O3/c1-17(12(20)16-3-2-10(18)19)6-7-4-8(13)11(15)9(14)5-7/h4-5H,2-3,6H2,1H3,(H,16,20)(H,18,19). The molecule has 0 atom stereocenters. The number of nitrogens with one attached hydrogen (secondary N) is 1. The van der Waals surface area contributed by atoms with E-state index >= 15 is 0 Å². The minimum absolute atomic E-state index is 0.0648. The fraction of sp³-hybridized carbons (Fsp3) is 0.333. The van der Waals surface area contributed by atoms with Crippen LogP contribution in [0.15, 0.2) is 12.1 Å². The first-order chi connectivity index (χ1) is 9.31. The van der Waals surface area contributed by atoms with Gasteiger partial charge in [-0.25, -0.2) is 18.0 Å². The van der Waals surface area contributed by atoms with E-state index in [0.717, 1.165) is 17.0 Å². The molecule has 0 saturated heterocycles. The zero-order valence-electron chi connectivity index (χ0n) is 10.6. The Morgan fingerprint density at radius 1 is 1.25 bits per heavy atom. The highest BCUT2D eigenvalue weighted by molar-refractivity contribution is 5.75. The van der Waals surface area contributed by atoms with Gasteiger partial charge in [-0.1, -0.05) is 0 Å². The summed E-state index contributed by atoms with van der Waals surface area (Å²) in [4.78, 5) is 22.9. The van der Waals surface area contributed by atoms with E-state index in [0.29, 0.717) is 0 Å². The van der Waals surface area contributed by atoms with Crippen LogP contribution in [0, 0.1) is 17.5 Å². The van der Waals surface area contributed by atoms with E-state index in [2.05, 4.69) is 5.32 Å². The molecule has 2 amide bonds. The molecule has 1 rings (SSSR count). The van der Waals surface area contributed by atoms with Crippen molar-refractivity contribution in [2.75, 3.05) is 13.6 Å². The highest BCUT2D eigenvalue weighted by Crippen LogP contribution is 2.14. The molecule has 1 aromatic rings. The van der Waals surface area contributed by atoms with E-state index in [1.54, 1.807) is 0 Å². The molecule has 0 bridgehead atoms. The third-order valence-corrected chi connectivity index (χ3v) is 2.43. The lowest BCUT2D eigenvalue weighted by atomic mass is 10.2. The predicted octanol–water partition coefficient (Wildman–Crippen LogP) is 1.72. The quantitative estimate of drug-likeness (QED) is 0.811. The third-order valence-electron chi connectivity index (χ3n) is 2.43. The average molecular weight is 290 g/mol. The van der Waals surface area contributed by atoms with Crippen molar-refractivity contribution in [3.05, 3.63) is 35.1 Å². The number of carboxylic acids is 1. The molecule has 8 heteroatoms. The van der Waals surface area contributed by atoms with E-state index in [4.69, 9.17) is 5.11 Å². The van der Waals surface area contributed by atoms with Crippen LogP contribution in [0.4, 0.5) is 18.0 Å². The Bertz CT molecular complexity index is 500. The maximum Gasteiger partial charge on any atom is 0.317 e. The predicted molar refractivity (Wildman–Crippen MR) is 63.4 cm³/mol. The Labute approximate surface area is 113 Å². The van der Waals surface area contributed by atoms with Gasteiger partial charge in [-0.15, -0.1) is 0 Å². The Morgan fingerprint density at radius 3 is 2.30 bits per heavy atom. The molecule has 2 N–H and O–H groups in total. The van der Waals surface area contributed by atoms with Crippen LogP contribution in [0.3, 0.4) is 0 Å². The molecule has 0 spiro atoms. The number of hydrogen-bond acceptors (Lipinski definition) is 2. The molecule has 0 aliphatic heterocycles. The first kappa shape index (κ1) is 15.8. The molecule has 0 aliphatic rings. The fourth-order valence-corrected chi connectivity index (χ4v) is 1.46. The van der Waals surface area contributed by atoms with Gasteiger partial charge in [0.1, 0.15) is 0 Å². The number of carboxylic acid groups (broad SMARTS) is 1. The van der Waals surface area contributed by atoms with Gasteiger partial charge in [-0.2, -0.15) is 0 Å². The molecule has 110 valence electrons. The summed E-state index contributed by atoms with van der Waals surface area (Å²) in [5.74, 6) is -5.29. The van der Waals surface area contributed by atoms with Crippen LogP contribution < -0.4 is 5.32 Å². The summed E-state index contributed by atoms with van der Waals surface area (Å²) in [7, 11) is 1.36. The number of rotatable bonds is 5. The Kier molecular flexibility index (Phi) is 5.36. The molecule has 0 radical (unpaired) electrons. The molecule has 0 fully saturated rings. The molecule has 5 nitrogen and oxygen atoms in total. The van der Waals surface area contributed by atoms with Crippen molar-refractivity contribution >= 4 is 12.0 Å². The van der Waals surface area contributed by atoms with Gasteiger partial charge in [0.05, 0.1) is 6.42 Å². The lowest BCUT2D eigenvalue weighted by molar-refractivity contribution is -0.136. The minimum Gasteiger partial charge on any atom is -0.481 e. The van der Waals surface area contributed by atoms with Crippen molar-refractivity contribution in [2.24, 2.45) is 0 Å². The van der Waals surface area contributed by atoms with Crippen LogP contribution in [0.25, 0.3) is 0 Å². The summed E-state index contributed by atoms with van der Waals surface area (Å²) in [6.07, 6.45) is -0.237. The van der Waals surface area contributed by atoms with E-state index in [1.165, 1.54) is 7.05 Å². The molecule has 20 heavy (non-hydrogen) atoms. The average Bonchev–Trinajstić information content (AvgIpc) is 2.35. The Balaban J connectivity index is 2.59. The Morgan fingerprint density at radius 2 is 1.80 bits per heavy atom. The van der Waals surface area contributed by atoms with E-state index in [1.807, 2.05) is 0 Å². The van der Waals surface area contributed by atoms with E-state index < -0.39 is 29.5 Å². The molecule has 0 heterocycles. The van der Waals surface area contributed by atoms with Gasteiger partial charge in [0.25, 0.3) is 0 Å². The normalized spacial score (nSPS) is 10.2. The second kappa shape index (κ2) is 6.78. The summed E-state index contributed by atoms with van der Waals surface area (Å²) in [6, 6.07) is 0.982. The van der Waals surface area contributed by atoms with Crippen LogP contribution >= 0.6 is 0 Å². The van der Waals surface area contributed by atoms with Crippen LogP contribution in [0.1, 0.15) is 12.0 Å². The number of urea groups is 1. The zero-order chi connectivity index (χ0) is 15.3. The summed E-state index contributed by atoms with van der Waals surface area (Å²) in [5, 5.41) is 10.7. The third kappa shape index (κ3) is 4.45. The van der Waals surface area contributed by atoms with Crippen LogP contribution in [0.2, 0.25) is 0 Å². The number of hydrogen-bond donors (Lipinski definition) is 2. The number of carbonyl (C=O) groups is 2. The lowest BCUT2D eigenvalue weighted by Crippen LogP contribution is -2.37. The van der Waals surface area contributed by atoms with Gasteiger partial charge in [-0.05, 0) is 17.7 Å². The maximum atomic E-state index is 13.0. The van der Waals surface area contributed by atoms with Gasteiger partial charge in [0, 0.05) is 20.1 Å². The van der Waals surface area contributed by atoms with Crippen molar-refractivity contribution in [2.45, 2.75) is 13.0 Å². The summed E-state index contributed by atoms with van der Waals surface area (Å²) in [5.41, 5.74) is 0.0808.